The zero-order valence-electron chi connectivity index (χ0n) is 21.1. The molecule has 0 spiro atoms. The highest BCUT2D eigenvalue weighted by Crippen LogP contribution is 2.36. The van der Waals surface area contributed by atoms with Gasteiger partial charge in [-0.2, -0.15) is 0 Å². The fraction of sp³-hybridized carbons (Fsp3) is 0.250. The first-order valence-corrected chi connectivity index (χ1v) is 14.3. The number of halogens is 2. The number of thioether (sulfide) groups is 1. The third-order valence-electron chi connectivity index (χ3n) is 6.93. The molecule has 2 amide bonds. The van der Waals surface area contributed by atoms with Gasteiger partial charge in [-0.25, -0.2) is 4.99 Å². The first-order chi connectivity index (χ1) is 19.4. The summed E-state index contributed by atoms with van der Waals surface area (Å²) in [6.07, 6.45) is 3.67. The number of para-hydroxylation sites is 1. The summed E-state index contributed by atoms with van der Waals surface area (Å²) in [6, 6.07) is 12.9. The summed E-state index contributed by atoms with van der Waals surface area (Å²) >= 11 is 13.7. The van der Waals surface area contributed by atoms with Crippen molar-refractivity contribution < 1.29 is 19.1 Å². The lowest BCUT2D eigenvalue weighted by atomic mass is 10.1. The number of nitrogens with one attached hydrogen (secondary N) is 1. The Morgan fingerprint density at radius 1 is 1.10 bits per heavy atom. The zero-order chi connectivity index (χ0) is 27.8. The van der Waals surface area contributed by atoms with E-state index in [1.165, 1.54) is 11.8 Å². The van der Waals surface area contributed by atoms with Crippen LogP contribution in [0, 0.1) is 0 Å². The number of cyclic esters (lactones) is 1. The van der Waals surface area contributed by atoms with Gasteiger partial charge in [-0.15, -0.1) is 0 Å². The SMILES string of the molecule is O=C1CC[C@H](C(=O)N2CCN(c3ccnc4ccc(/C=C5\SC(=Nc6c(Cl)cccc6Cl)NC5=O)cc34)CC2)O1. The largest absolute Gasteiger partial charge is 0.452 e. The van der Waals surface area contributed by atoms with Crippen molar-refractivity contribution in [2.75, 3.05) is 31.1 Å². The number of benzene rings is 2. The summed E-state index contributed by atoms with van der Waals surface area (Å²) in [5.41, 5.74) is 3.08. The highest BCUT2D eigenvalue weighted by molar-refractivity contribution is 8.18. The maximum Gasteiger partial charge on any atom is 0.306 e. The number of pyridine rings is 1. The Balaban J connectivity index is 1.20. The maximum atomic E-state index is 12.8. The molecule has 3 saturated heterocycles. The van der Waals surface area contributed by atoms with Crippen LogP contribution in [0.2, 0.25) is 10.0 Å². The molecule has 0 unspecified atom stereocenters. The molecule has 0 bridgehead atoms. The van der Waals surface area contributed by atoms with Gasteiger partial charge in [0.05, 0.1) is 20.5 Å². The summed E-state index contributed by atoms with van der Waals surface area (Å²) in [5, 5.41) is 4.91. The molecule has 0 radical (unpaired) electrons. The minimum absolute atomic E-state index is 0.119. The summed E-state index contributed by atoms with van der Waals surface area (Å²) in [4.78, 5) is 50.3. The van der Waals surface area contributed by atoms with Gasteiger partial charge in [-0.3, -0.25) is 19.4 Å². The van der Waals surface area contributed by atoms with E-state index in [0.717, 1.165) is 22.2 Å². The van der Waals surface area contributed by atoms with Crippen LogP contribution in [-0.2, 0) is 19.1 Å². The Morgan fingerprint density at radius 2 is 1.88 bits per heavy atom. The molecule has 3 aliphatic heterocycles. The van der Waals surface area contributed by atoms with Crippen molar-refractivity contribution in [3.05, 3.63) is 69.2 Å². The Hall–Kier alpha value is -3.60. The highest BCUT2D eigenvalue weighted by Gasteiger charge is 2.34. The van der Waals surface area contributed by atoms with Gasteiger partial charge in [-0.05, 0) is 53.7 Å². The van der Waals surface area contributed by atoms with Crippen LogP contribution in [0.5, 0.6) is 0 Å². The van der Waals surface area contributed by atoms with Crippen LogP contribution in [0.4, 0.5) is 11.4 Å². The van der Waals surface area contributed by atoms with Crippen LogP contribution in [0.3, 0.4) is 0 Å². The summed E-state index contributed by atoms with van der Waals surface area (Å²) < 4.78 is 5.16. The van der Waals surface area contributed by atoms with Crippen LogP contribution in [-0.4, -0.2) is 65.1 Å². The molecule has 4 heterocycles. The molecule has 0 saturated carbocycles. The average Bonchev–Trinajstić information content (AvgIpc) is 3.54. The molecular formula is C28H23Cl2N5O4S. The van der Waals surface area contributed by atoms with E-state index in [1.807, 2.05) is 30.3 Å². The number of anilines is 1. The van der Waals surface area contributed by atoms with E-state index in [4.69, 9.17) is 27.9 Å². The fourth-order valence-corrected chi connectivity index (χ4v) is 6.22. The molecule has 40 heavy (non-hydrogen) atoms. The number of hydrogen-bond acceptors (Lipinski definition) is 8. The van der Waals surface area contributed by atoms with Crippen LogP contribution in [0.15, 0.2) is 58.6 Å². The minimum Gasteiger partial charge on any atom is -0.452 e. The number of esters is 1. The van der Waals surface area contributed by atoms with E-state index < -0.39 is 6.10 Å². The molecule has 2 aromatic carbocycles. The number of carbonyl (C=O) groups excluding carboxylic acids is 3. The normalized spacial score (nSPS) is 21.4. The average molecular weight is 596 g/mol. The number of amides is 2. The van der Waals surface area contributed by atoms with Gasteiger partial charge in [0.25, 0.3) is 11.8 Å². The number of aromatic nitrogens is 1. The number of ether oxygens (including phenoxy) is 1. The van der Waals surface area contributed by atoms with Gasteiger partial charge in [0.1, 0.15) is 5.69 Å². The standard InChI is InChI=1S/C28H23Cl2N5O4S/c29-18-2-1-3-19(30)25(18)32-28-33-26(37)23(40-28)15-16-4-5-20-17(14-16)21(8-9-31-20)34-10-12-35(13-11-34)27(38)22-6-7-24(36)39-22/h1-5,8-9,14-15,22H,6-7,10-13H2,(H,32,33,37)/b23-15-/t22-/m1/s1. The molecule has 12 heteroatoms. The number of fused-ring (bicyclic) bond motifs is 1. The third kappa shape index (κ3) is 5.39. The van der Waals surface area contributed by atoms with Gasteiger partial charge in [-0.1, -0.05) is 35.3 Å². The zero-order valence-corrected chi connectivity index (χ0v) is 23.4. The number of rotatable bonds is 4. The quantitative estimate of drug-likeness (QED) is 0.341. The summed E-state index contributed by atoms with van der Waals surface area (Å²) in [5.74, 6) is -0.689. The lowest BCUT2D eigenvalue weighted by Crippen LogP contribution is -2.51. The van der Waals surface area contributed by atoms with E-state index in [9.17, 15) is 14.4 Å². The van der Waals surface area contributed by atoms with Crippen LogP contribution in [0.25, 0.3) is 17.0 Å². The van der Waals surface area contributed by atoms with Crippen molar-refractivity contribution in [3.8, 4) is 0 Å². The third-order valence-corrected chi connectivity index (χ3v) is 8.45. The van der Waals surface area contributed by atoms with E-state index >= 15 is 0 Å². The first-order valence-electron chi connectivity index (χ1n) is 12.7. The monoisotopic (exact) mass is 595 g/mol. The highest BCUT2D eigenvalue weighted by atomic mass is 35.5. The number of piperazine rings is 1. The minimum atomic E-state index is -0.658. The molecule has 3 aliphatic rings. The van der Waals surface area contributed by atoms with Gasteiger partial charge in [0, 0.05) is 56.3 Å². The van der Waals surface area contributed by atoms with Crippen molar-refractivity contribution in [2.45, 2.75) is 18.9 Å². The van der Waals surface area contributed by atoms with E-state index in [0.29, 0.717) is 64.8 Å². The number of amidine groups is 1. The van der Waals surface area contributed by atoms with Crippen molar-refractivity contribution in [2.24, 2.45) is 4.99 Å². The van der Waals surface area contributed by atoms with Crippen molar-refractivity contribution in [3.63, 3.8) is 0 Å². The van der Waals surface area contributed by atoms with E-state index in [1.54, 1.807) is 29.3 Å². The smallest absolute Gasteiger partial charge is 0.306 e. The van der Waals surface area contributed by atoms with Crippen LogP contribution >= 0.6 is 35.0 Å². The predicted octanol–water partition coefficient (Wildman–Crippen LogP) is 4.79. The molecule has 6 rings (SSSR count). The lowest BCUT2D eigenvalue weighted by molar-refractivity contribution is -0.153. The van der Waals surface area contributed by atoms with Crippen molar-refractivity contribution in [1.82, 2.24) is 15.2 Å². The van der Waals surface area contributed by atoms with Gasteiger partial charge in [0.15, 0.2) is 11.3 Å². The van der Waals surface area contributed by atoms with Gasteiger partial charge >= 0.3 is 5.97 Å². The molecular weight excluding hydrogens is 573 g/mol. The molecule has 9 nitrogen and oxygen atoms in total. The maximum absolute atomic E-state index is 12.8. The topological polar surface area (TPSA) is 104 Å². The summed E-state index contributed by atoms with van der Waals surface area (Å²) in [6.45, 7) is 2.35. The summed E-state index contributed by atoms with van der Waals surface area (Å²) in [7, 11) is 0. The lowest BCUT2D eigenvalue weighted by Gasteiger charge is -2.37. The Morgan fingerprint density at radius 3 is 2.60 bits per heavy atom. The number of carbonyl (C=O) groups is 3. The van der Waals surface area contributed by atoms with Gasteiger partial charge < -0.3 is 19.9 Å². The second-order valence-electron chi connectivity index (χ2n) is 9.49. The Kier molecular flexibility index (Phi) is 7.39. The number of nitrogens with zero attached hydrogens (tertiary/aromatic N) is 4. The number of hydrogen-bond donors (Lipinski definition) is 1. The van der Waals surface area contributed by atoms with Crippen molar-refractivity contribution >= 4 is 86.3 Å². The molecule has 3 aromatic rings. The Bertz CT molecular complexity index is 1580. The van der Waals surface area contributed by atoms with E-state index in [2.05, 4.69) is 20.2 Å². The molecule has 1 atom stereocenters. The van der Waals surface area contributed by atoms with Crippen LogP contribution in [0.1, 0.15) is 18.4 Å². The fourth-order valence-electron chi connectivity index (χ4n) is 4.91. The molecule has 0 aliphatic carbocycles. The second-order valence-corrected chi connectivity index (χ2v) is 11.3. The molecule has 1 aromatic heterocycles. The van der Waals surface area contributed by atoms with E-state index in [-0.39, 0.29) is 17.8 Å². The van der Waals surface area contributed by atoms with Crippen molar-refractivity contribution in [1.29, 1.82) is 0 Å². The molecule has 3 fully saturated rings. The molecule has 204 valence electrons. The molecule has 1 N–H and O–H groups in total. The Labute approximate surface area is 244 Å². The van der Waals surface area contributed by atoms with Crippen LogP contribution < -0.4 is 10.2 Å². The second kappa shape index (κ2) is 11.1. The predicted molar refractivity (Wildman–Crippen MR) is 157 cm³/mol. The first kappa shape index (κ1) is 26.6. The number of aliphatic imine (C=N–C) groups is 1. The van der Waals surface area contributed by atoms with Gasteiger partial charge in [0.2, 0.25) is 0 Å².